The Labute approximate surface area is 189 Å². The van der Waals surface area contributed by atoms with Crippen LogP contribution in [0.3, 0.4) is 0 Å². The Balaban J connectivity index is 1.57. The number of aromatic nitrogens is 4. The van der Waals surface area contributed by atoms with Crippen LogP contribution in [0.1, 0.15) is 57.7 Å². The molecule has 3 aromatic rings. The number of nitrogens with zero attached hydrogens (tertiary/aromatic N) is 6. The van der Waals surface area contributed by atoms with Crippen LogP contribution in [-0.4, -0.2) is 52.9 Å². The maximum absolute atomic E-state index is 13.1. The molecule has 2 fully saturated rings. The van der Waals surface area contributed by atoms with Gasteiger partial charge in [0.2, 0.25) is 5.78 Å². The number of hydrogen-bond acceptors (Lipinski definition) is 6. The van der Waals surface area contributed by atoms with E-state index in [1.165, 1.54) is 0 Å². The Morgan fingerprint density at radius 2 is 1.73 bits per heavy atom. The van der Waals surface area contributed by atoms with Crippen molar-refractivity contribution in [2.75, 3.05) is 0 Å². The Morgan fingerprint density at radius 1 is 0.970 bits per heavy atom. The van der Waals surface area contributed by atoms with Crippen molar-refractivity contribution >= 4 is 34.5 Å². The lowest BCUT2D eigenvalue weighted by molar-refractivity contribution is -0.144. The summed E-state index contributed by atoms with van der Waals surface area (Å²) in [5.74, 6) is -0.928. The summed E-state index contributed by atoms with van der Waals surface area (Å²) >= 11 is 0. The zero-order chi connectivity index (χ0) is 23.1. The summed E-state index contributed by atoms with van der Waals surface area (Å²) in [5.41, 5.74) is 0.450. The minimum Gasteiger partial charge on any atom is -0.276 e. The second kappa shape index (κ2) is 8.42. The molecule has 0 bridgehead atoms. The second-order valence-electron chi connectivity index (χ2n) is 8.72. The molecule has 2 aliphatic rings. The molecule has 1 saturated carbocycles. The summed E-state index contributed by atoms with van der Waals surface area (Å²) in [7, 11) is 0. The minimum atomic E-state index is -0.843. The number of carbonyl (C=O) groups is 3. The van der Waals surface area contributed by atoms with E-state index in [2.05, 4.69) is 17.1 Å². The van der Waals surface area contributed by atoms with Crippen LogP contribution in [0.2, 0.25) is 0 Å². The van der Waals surface area contributed by atoms with Gasteiger partial charge in [0, 0.05) is 12.6 Å². The van der Waals surface area contributed by atoms with E-state index in [-0.39, 0.29) is 18.1 Å². The monoisotopic (exact) mass is 450 g/mol. The van der Waals surface area contributed by atoms with Gasteiger partial charge in [-0.1, -0.05) is 44.7 Å². The quantitative estimate of drug-likeness (QED) is 0.311. The molecule has 172 valence electrons. The van der Waals surface area contributed by atoms with Crippen LogP contribution in [0.25, 0.3) is 16.7 Å². The molecule has 2 aromatic heterocycles. The first-order valence-electron chi connectivity index (χ1n) is 11.6. The molecule has 1 aliphatic carbocycles. The molecule has 3 heterocycles. The fourth-order valence-electron chi connectivity index (χ4n) is 4.93. The van der Waals surface area contributed by atoms with Crippen molar-refractivity contribution in [1.29, 1.82) is 0 Å². The molecule has 1 saturated heterocycles. The number of benzene rings is 1. The molecule has 10 heteroatoms. The molecule has 4 amide bonds. The number of urea groups is 1. The van der Waals surface area contributed by atoms with Crippen molar-refractivity contribution in [1.82, 2.24) is 29.0 Å². The van der Waals surface area contributed by atoms with Gasteiger partial charge in [0.15, 0.2) is 5.82 Å². The number of imide groups is 2. The standard InChI is InChI=1S/C23H26N6O4/c1-2-3-8-13-26-19(30)16-11-6-7-12-17(16)29-18(24-25-22(26)29)14-27-20(31)21(32)28(23(27)33)15-9-4-5-10-15/h6-7,11-12,15H,2-5,8-10,13-14H2,1H3. The average Bonchev–Trinajstić information content (AvgIpc) is 3.53. The Hall–Kier alpha value is -3.56. The van der Waals surface area contributed by atoms with Crippen molar-refractivity contribution < 1.29 is 14.4 Å². The Morgan fingerprint density at radius 3 is 2.48 bits per heavy atom. The number of aryl methyl sites for hydroxylation is 1. The number of hydrogen-bond donors (Lipinski definition) is 0. The van der Waals surface area contributed by atoms with Gasteiger partial charge in [-0.3, -0.25) is 28.3 Å². The lowest BCUT2D eigenvalue weighted by Crippen LogP contribution is -2.39. The fourth-order valence-corrected chi connectivity index (χ4v) is 4.93. The van der Waals surface area contributed by atoms with Crippen LogP contribution in [-0.2, 0) is 22.7 Å². The number of amides is 4. The average molecular weight is 450 g/mol. The van der Waals surface area contributed by atoms with E-state index in [0.717, 1.165) is 54.7 Å². The summed E-state index contributed by atoms with van der Waals surface area (Å²) in [6.45, 7) is 2.40. The van der Waals surface area contributed by atoms with Crippen molar-refractivity contribution in [3.63, 3.8) is 0 Å². The van der Waals surface area contributed by atoms with Crippen LogP contribution >= 0.6 is 0 Å². The van der Waals surface area contributed by atoms with Gasteiger partial charge in [-0.05, 0) is 31.4 Å². The van der Waals surface area contributed by atoms with Gasteiger partial charge in [-0.25, -0.2) is 9.69 Å². The van der Waals surface area contributed by atoms with Crippen molar-refractivity contribution in [3.05, 3.63) is 40.4 Å². The molecular weight excluding hydrogens is 424 g/mol. The number of para-hydroxylation sites is 1. The molecule has 0 atom stereocenters. The first-order chi connectivity index (χ1) is 16.0. The molecule has 33 heavy (non-hydrogen) atoms. The molecule has 5 rings (SSSR count). The normalized spacial score (nSPS) is 17.4. The van der Waals surface area contributed by atoms with Gasteiger partial charge in [-0.2, -0.15) is 0 Å². The molecule has 1 aliphatic heterocycles. The molecular formula is C23H26N6O4. The van der Waals surface area contributed by atoms with Crippen LogP contribution in [0.4, 0.5) is 4.79 Å². The molecule has 1 aromatic carbocycles. The lowest BCUT2D eigenvalue weighted by Gasteiger charge is -2.20. The van der Waals surface area contributed by atoms with E-state index >= 15 is 0 Å². The molecule has 0 N–H and O–H groups in total. The third-order valence-corrected chi connectivity index (χ3v) is 6.63. The van der Waals surface area contributed by atoms with E-state index in [4.69, 9.17) is 0 Å². The van der Waals surface area contributed by atoms with Crippen LogP contribution < -0.4 is 5.56 Å². The molecule has 0 spiro atoms. The maximum atomic E-state index is 13.1. The van der Waals surface area contributed by atoms with E-state index in [9.17, 15) is 19.2 Å². The summed E-state index contributed by atoms with van der Waals surface area (Å²) in [6, 6.07) is 6.31. The van der Waals surface area contributed by atoms with E-state index in [0.29, 0.717) is 29.0 Å². The highest BCUT2D eigenvalue weighted by Gasteiger charge is 2.48. The van der Waals surface area contributed by atoms with E-state index in [1.807, 2.05) is 6.07 Å². The summed E-state index contributed by atoms with van der Waals surface area (Å²) in [4.78, 5) is 53.5. The molecule has 10 nitrogen and oxygen atoms in total. The minimum absolute atomic E-state index is 0.149. The van der Waals surface area contributed by atoms with Gasteiger partial charge in [0.05, 0.1) is 17.4 Å². The first kappa shape index (κ1) is 21.3. The highest BCUT2D eigenvalue weighted by Crippen LogP contribution is 2.28. The topological polar surface area (TPSA) is 110 Å². The van der Waals surface area contributed by atoms with Crippen LogP contribution in [0, 0.1) is 0 Å². The number of unbranched alkanes of at least 4 members (excludes halogenated alkanes) is 2. The number of rotatable bonds is 7. The van der Waals surface area contributed by atoms with Gasteiger partial charge < -0.3 is 0 Å². The van der Waals surface area contributed by atoms with Gasteiger partial charge in [0.1, 0.15) is 0 Å². The number of fused-ring (bicyclic) bond motifs is 3. The summed E-state index contributed by atoms with van der Waals surface area (Å²) in [5, 5.41) is 8.98. The van der Waals surface area contributed by atoms with E-state index < -0.39 is 17.8 Å². The largest absolute Gasteiger partial charge is 0.334 e. The van der Waals surface area contributed by atoms with Crippen molar-refractivity contribution in [2.45, 2.75) is 71.0 Å². The summed E-state index contributed by atoms with van der Waals surface area (Å²) < 4.78 is 3.31. The van der Waals surface area contributed by atoms with Crippen molar-refractivity contribution in [2.24, 2.45) is 0 Å². The lowest BCUT2D eigenvalue weighted by atomic mass is 10.2. The fraction of sp³-hybridized carbons (Fsp3) is 0.478. The van der Waals surface area contributed by atoms with Gasteiger partial charge >= 0.3 is 17.8 Å². The van der Waals surface area contributed by atoms with Gasteiger partial charge in [-0.15, -0.1) is 10.2 Å². The predicted octanol–water partition coefficient (Wildman–Crippen LogP) is 2.47. The third kappa shape index (κ3) is 3.40. The third-order valence-electron chi connectivity index (χ3n) is 6.63. The predicted molar refractivity (Wildman–Crippen MR) is 119 cm³/mol. The smallest absolute Gasteiger partial charge is 0.276 e. The number of carbonyl (C=O) groups excluding carboxylic acids is 3. The van der Waals surface area contributed by atoms with Crippen LogP contribution in [0.15, 0.2) is 29.1 Å². The summed E-state index contributed by atoms with van der Waals surface area (Å²) in [6.07, 6.45) is 6.13. The zero-order valence-electron chi connectivity index (χ0n) is 18.6. The second-order valence-corrected chi connectivity index (χ2v) is 8.72. The van der Waals surface area contributed by atoms with Crippen molar-refractivity contribution in [3.8, 4) is 0 Å². The molecule has 0 radical (unpaired) electrons. The Bertz CT molecular complexity index is 1320. The Kier molecular flexibility index (Phi) is 5.43. The highest BCUT2D eigenvalue weighted by molar-refractivity contribution is 6.44. The van der Waals surface area contributed by atoms with Gasteiger partial charge in [0.25, 0.3) is 5.56 Å². The zero-order valence-corrected chi connectivity index (χ0v) is 18.6. The maximum Gasteiger partial charge on any atom is 0.334 e. The highest BCUT2D eigenvalue weighted by atomic mass is 16.2. The van der Waals surface area contributed by atoms with Crippen LogP contribution in [0.5, 0.6) is 0 Å². The SMILES string of the molecule is CCCCCn1c(=O)c2ccccc2n2c(CN3C(=O)C(=O)N(C4CCCC4)C3=O)nnc12. The van der Waals surface area contributed by atoms with E-state index in [1.54, 1.807) is 27.2 Å². The molecule has 0 unspecified atom stereocenters. The first-order valence-corrected chi connectivity index (χ1v) is 11.6.